The molecule has 1 heterocycles. The van der Waals surface area contributed by atoms with Crippen molar-refractivity contribution in [3.63, 3.8) is 0 Å². The molecule has 1 saturated heterocycles. The fourth-order valence-electron chi connectivity index (χ4n) is 5.26. The van der Waals surface area contributed by atoms with Crippen LogP contribution in [0.1, 0.15) is 22.3 Å². The van der Waals surface area contributed by atoms with Crippen molar-refractivity contribution in [1.82, 2.24) is 15.1 Å². The van der Waals surface area contributed by atoms with E-state index >= 15 is 0 Å². The third kappa shape index (κ3) is 8.76. The highest BCUT2D eigenvalue weighted by Gasteiger charge is 2.41. The van der Waals surface area contributed by atoms with Gasteiger partial charge < -0.3 is 34.6 Å². The maximum absolute atomic E-state index is 13.9. The van der Waals surface area contributed by atoms with Gasteiger partial charge in [0.15, 0.2) is 11.5 Å². The minimum absolute atomic E-state index is 0.0570. The largest absolute Gasteiger partial charge is 0.493 e. The van der Waals surface area contributed by atoms with Gasteiger partial charge in [0.2, 0.25) is 11.8 Å². The molecule has 0 bridgehead atoms. The van der Waals surface area contributed by atoms with E-state index in [1.165, 1.54) is 13.2 Å². The second-order valence-corrected chi connectivity index (χ2v) is 11.5. The average molecular weight is 708 g/mol. The fourth-order valence-corrected chi connectivity index (χ4v) is 6.01. The number of aldehydes is 1. The standard InChI is InChI=1S/C31H38IN3O8/c1-41-27-16-22(20-37)15-24(32)30(27)43-26-19-23(31(40)33-7-12-36)18-25(29(26)39)35(9-8-34-10-13-42-14-11-34)28(38)17-21-5-3-2-4-6-21/h2-6,15-16,19-20,25-26,29,36,39H,7-14,17-18H2,1H3,(H,33,40). The van der Waals surface area contributed by atoms with Gasteiger partial charge in [-0.25, -0.2) is 0 Å². The molecular weight excluding hydrogens is 669 g/mol. The van der Waals surface area contributed by atoms with Crippen molar-refractivity contribution >= 4 is 40.7 Å². The first-order valence-corrected chi connectivity index (χ1v) is 15.3. The predicted octanol–water partition coefficient (Wildman–Crippen LogP) is 1.43. The van der Waals surface area contributed by atoms with Gasteiger partial charge in [-0.2, -0.15) is 0 Å². The molecule has 2 aromatic rings. The van der Waals surface area contributed by atoms with E-state index in [4.69, 9.17) is 14.2 Å². The Balaban J connectivity index is 1.67. The number of hydrogen-bond acceptors (Lipinski definition) is 9. The fraction of sp³-hybridized carbons (Fsp3) is 0.452. The maximum atomic E-state index is 13.9. The monoisotopic (exact) mass is 707 g/mol. The summed E-state index contributed by atoms with van der Waals surface area (Å²) in [5.41, 5.74) is 1.57. The normalized spacial score (nSPS) is 20.6. The highest BCUT2D eigenvalue weighted by Crippen LogP contribution is 2.37. The predicted molar refractivity (Wildman–Crippen MR) is 167 cm³/mol. The molecule has 1 aliphatic carbocycles. The summed E-state index contributed by atoms with van der Waals surface area (Å²) in [5.74, 6) is 0.00973. The van der Waals surface area contributed by atoms with Crippen LogP contribution in [0.15, 0.2) is 54.1 Å². The summed E-state index contributed by atoms with van der Waals surface area (Å²) in [4.78, 5) is 42.3. The van der Waals surface area contributed by atoms with Gasteiger partial charge in [-0.3, -0.25) is 19.3 Å². The van der Waals surface area contributed by atoms with Crippen molar-refractivity contribution in [3.05, 3.63) is 68.8 Å². The molecule has 11 nitrogen and oxygen atoms in total. The van der Waals surface area contributed by atoms with Gasteiger partial charge in [-0.15, -0.1) is 0 Å². The van der Waals surface area contributed by atoms with E-state index in [1.54, 1.807) is 17.0 Å². The van der Waals surface area contributed by atoms with E-state index in [0.29, 0.717) is 58.8 Å². The van der Waals surface area contributed by atoms with Crippen molar-refractivity contribution in [2.45, 2.75) is 31.1 Å². The first-order valence-electron chi connectivity index (χ1n) is 14.2. The molecule has 232 valence electrons. The van der Waals surface area contributed by atoms with Crippen LogP contribution in [0, 0.1) is 3.57 Å². The summed E-state index contributed by atoms with van der Waals surface area (Å²) in [6.45, 7) is 3.44. The summed E-state index contributed by atoms with van der Waals surface area (Å²) in [6, 6.07) is 11.8. The molecule has 43 heavy (non-hydrogen) atoms. The molecule has 2 amide bonds. The van der Waals surface area contributed by atoms with Gasteiger partial charge >= 0.3 is 0 Å². The highest BCUT2D eigenvalue weighted by atomic mass is 127. The van der Waals surface area contributed by atoms with Crippen molar-refractivity contribution in [2.75, 3.05) is 59.7 Å². The Hall–Kier alpha value is -3.04. The molecule has 3 unspecified atom stereocenters. The topological polar surface area (TPSA) is 138 Å². The second-order valence-electron chi connectivity index (χ2n) is 10.4. The Morgan fingerprint density at radius 1 is 1.21 bits per heavy atom. The number of nitrogens with one attached hydrogen (secondary N) is 1. The smallest absolute Gasteiger partial charge is 0.247 e. The van der Waals surface area contributed by atoms with Crippen molar-refractivity contribution in [3.8, 4) is 11.5 Å². The number of nitrogens with zero attached hydrogens (tertiary/aromatic N) is 2. The number of benzene rings is 2. The number of carbonyl (C=O) groups excluding carboxylic acids is 3. The van der Waals surface area contributed by atoms with Crippen LogP contribution in [0.4, 0.5) is 0 Å². The van der Waals surface area contributed by atoms with E-state index in [0.717, 1.165) is 18.7 Å². The Bertz CT molecular complexity index is 1290. The van der Waals surface area contributed by atoms with Gasteiger partial charge in [0.05, 0.1) is 43.0 Å². The SMILES string of the molecule is COc1cc(C=O)cc(I)c1OC1C=C(C(=O)NCCO)CC(N(CCN2CCOCC2)C(=O)Cc2ccccc2)C1O. The third-order valence-electron chi connectivity index (χ3n) is 7.54. The Labute approximate surface area is 264 Å². The molecule has 1 fully saturated rings. The molecule has 0 aromatic heterocycles. The molecule has 3 N–H and O–H groups in total. The number of ether oxygens (including phenoxy) is 3. The summed E-state index contributed by atoms with van der Waals surface area (Å²) in [5, 5.41) is 23.7. The van der Waals surface area contributed by atoms with Gasteiger partial charge in [-0.1, -0.05) is 30.3 Å². The first-order chi connectivity index (χ1) is 20.8. The van der Waals surface area contributed by atoms with Gasteiger partial charge in [0, 0.05) is 50.3 Å². The third-order valence-corrected chi connectivity index (χ3v) is 8.34. The number of amides is 2. The molecule has 2 aliphatic rings. The first kappa shape index (κ1) is 32.9. The average Bonchev–Trinajstić information content (AvgIpc) is 3.03. The maximum Gasteiger partial charge on any atom is 0.247 e. The Morgan fingerprint density at radius 3 is 2.63 bits per heavy atom. The number of morpholine rings is 1. The Morgan fingerprint density at radius 2 is 1.95 bits per heavy atom. The highest BCUT2D eigenvalue weighted by molar-refractivity contribution is 14.1. The minimum atomic E-state index is -1.19. The summed E-state index contributed by atoms with van der Waals surface area (Å²) >= 11 is 2.02. The van der Waals surface area contributed by atoms with Gasteiger partial charge in [-0.05, 0) is 46.4 Å². The molecule has 1 aliphatic heterocycles. The molecular formula is C31H38IN3O8. The lowest BCUT2D eigenvalue weighted by Gasteiger charge is -2.41. The van der Waals surface area contributed by atoms with Crippen LogP contribution in [0.25, 0.3) is 0 Å². The number of rotatable bonds is 13. The molecule has 0 saturated carbocycles. The molecule has 12 heteroatoms. The van der Waals surface area contributed by atoms with Crippen LogP contribution in [0.2, 0.25) is 0 Å². The van der Waals surface area contributed by atoms with E-state index in [-0.39, 0.29) is 31.9 Å². The zero-order valence-corrected chi connectivity index (χ0v) is 26.3. The summed E-state index contributed by atoms with van der Waals surface area (Å²) < 4.78 is 17.8. The van der Waals surface area contributed by atoms with Gasteiger partial charge in [0.1, 0.15) is 18.5 Å². The minimum Gasteiger partial charge on any atom is -0.493 e. The molecule has 0 radical (unpaired) electrons. The van der Waals surface area contributed by atoms with E-state index in [9.17, 15) is 24.6 Å². The van der Waals surface area contributed by atoms with Crippen LogP contribution in [-0.4, -0.2) is 116 Å². The lowest BCUT2D eigenvalue weighted by molar-refractivity contribution is -0.138. The number of methoxy groups -OCH3 is 1. The number of aliphatic hydroxyl groups is 2. The number of halogens is 1. The van der Waals surface area contributed by atoms with Crippen LogP contribution in [-0.2, 0) is 20.7 Å². The van der Waals surface area contributed by atoms with E-state index in [1.807, 2.05) is 52.9 Å². The number of aliphatic hydroxyl groups excluding tert-OH is 2. The summed E-state index contributed by atoms with van der Waals surface area (Å²) in [6.07, 6.45) is 0.277. The Kier molecular flexibility index (Phi) is 12.3. The van der Waals surface area contributed by atoms with Crippen molar-refractivity contribution in [2.24, 2.45) is 0 Å². The lowest BCUT2D eigenvalue weighted by Crippen LogP contribution is -2.57. The zero-order chi connectivity index (χ0) is 30.8. The zero-order valence-electron chi connectivity index (χ0n) is 24.1. The quantitative estimate of drug-likeness (QED) is 0.209. The number of hydrogen-bond donors (Lipinski definition) is 3. The van der Waals surface area contributed by atoms with Crippen molar-refractivity contribution in [1.29, 1.82) is 0 Å². The molecule has 2 aromatic carbocycles. The molecule has 4 rings (SSSR count). The van der Waals surface area contributed by atoms with Crippen LogP contribution < -0.4 is 14.8 Å². The van der Waals surface area contributed by atoms with Crippen LogP contribution in [0.3, 0.4) is 0 Å². The van der Waals surface area contributed by atoms with E-state index in [2.05, 4.69) is 10.2 Å². The van der Waals surface area contributed by atoms with Crippen molar-refractivity contribution < 1.29 is 38.8 Å². The molecule has 3 atom stereocenters. The summed E-state index contributed by atoms with van der Waals surface area (Å²) in [7, 11) is 1.45. The second kappa shape index (κ2) is 16.1. The van der Waals surface area contributed by atoms with Gasteiger partial charge in [0.25, 0.3) is 0 Å². The number of carbonyl (C=O) groups is 3. The molecule has 0 spiro atoms. The van der Waals surface area contributed by atoms with Crippen LogP contribution >= 0.6 is 22.6 Å². The lowest BCUT2D eigenvalue weighted by atomic mass is 9.87. The van der Waals surface area contributed by atoms with E-state index < -0.39 is 24.2 Å². The van der Waals surface area contributed by atoms with Crippen LogP contribution in [0.5, 0.6) is 11.5 Å².